The molecule has 0 aliphatic heterocycles. The molecule has 6 nitrogen and oxygen atoms in total. The Balaban J connectivity index is 1.56. The van der Waals surface area contributed by atoms with Gasteiger partial charge in [-0.2, -0.15) is 0 Å². The van der Waals surface area contributed by atoms with Crippen molar-refractivity contribution >= 4 is 11.9 Å². The summed E-state index contributed by atoms with van der Waals surface area (Å²) in [6, 6.07) is 15.9. The lowest BCUT2D eigenvalue weighted by Crippen LogP contribution is -2.23. The van der Waals surface area contributed by atoms with Gasteiger partial charge in [0, 0.05) is 11.1 Å². The third kappa shape index (κ3) is 3.61. The Bertz CT molecular complexity index is 1080. The van der Waals surface area contributed by atoms with Gasteiger partial charge in [-0.3, -0.25) is 9.59 Å². The molecular formula is C24H24N2O4. The predicted octanol–water partition coefficient (Wildman–Crippen LogP) is 3.94. The number of hydrogen-bond donors (Lipinski definition) is 1. The first kappa shape index (κ1) is 19.9. The molecule has 4 rings (SSSR count). The molecule has 1 aliphatic carbocycles. The van der Waals surface area contributed by atoms with Crippen LogP contribution in [-0.2, 0) is 26.2 Å². The minimum atomic E-state index is -0.459. The molecule has 0 atom stereocenters. The van der Waals surface area contributed by atoms with Crippen LogP contribution < -0.4 is 5.73 Å². The average Bonchev–Trinajstić information content (AvgIpc) is 3.48. The van der Waals surface area contributed by atoms with Crippen molar-refractivity contribution in [1.29, 1.82) is 0 Å². The Hall–Kier alpha value is -3.41. The summed E-state index contributed by atoms with van der Waals surface area (Å²) < 4.78 is 10.7. The third-order valence-corrected chi connectivity index (χ3v) is 5.67. The van der Waals surface area contributed by atoms with Gasteiger partial charge in [-0.05, 0) is 43.4 Å². The zero-order valence-corrected chi connectivity index (χ0v) is 17.1. The van der Waals surface area contributed by atoms with Crippen LogP contribution in [-0.4, -0.2) is 23.6 Å². The fraction of sp³-hybridized carbons (Fsp3) is 0.292. The van der Waals surface area contributed by atoms with Crippen LogP contribution in [0.5, 0.6) is 0 Å². The smallest absolute Gasteiger partial charge is 0.316 e. The number of ether oxygens (including phenoxy) is 1. The van der Waals surface area contributed by atoms with Crippen LogP contribution in [0.1, 0.15) is 36.6 Å². The monoisotopic (exact) mass is 404 g/mol. The Morgan fingerprint density at radius 1 is 1.03 bits per heavy atom. The molecule has 1 saturated carbocycles. The van der Waals surface area contributed by atoms with Gasteiger partial charge >= 0.3 is 5.97 Å². The summed E-state index contributed by atoms with van der Waals surface area (Å²) in [5, 5.41) is 3.97. The van der Waals surface area contributed by atoms with E-state index in [0.29, 0.717) is 23.6 Å². The average molecular weight is 404 g/mol. The minimum absolute atomic E-state index is 0.0933. The second kappa shape index (κ2) is 7.78. The molecule has 0 spiro atoms. The predicted molar refractivity (Wildman–Crippen MR) is 113 cm³/mol. The van der Waals surface area contributed by atoms with Crippen molar-refractivity contribution in [2.24, 2.45) is 5.73 Å². The molecule has 0 radical (unpaired) electrons. The molecule has 154 valence electrons. The molecule has 0 saturated heterocycles. The Labute approximate surface area is 175 Å². The third-order valence-electron chi connectivity index (χ3n) is 5.67. The molecule has 1 fully saturated rings. The highest BCUT2D eigenvalue weighted by Gasteiger charge is 2.52. The van der Waals surface area contributed by atoms with Crippen molar-refractivity contribution in [1.82, 2.24) is 5.16 Å². The van der Waals surface area contributed by atoms with E-state index in [1.807, 2.05) is 55.5 Å². The second-order valence-corrected chi connectivity index (χ2v) is 7.68. The van der Waals surface area contributed by atoms with Crippen LogP contribution in [0.4, 0.5) is 0 Å². The fourth-order valence-corrected chi connectivity index (χ4v) is 3.80. The van der Waals surface area contributed by atoms with E-state index in [1.165, 1.54) is 0 Å². The van der Waals surface area contributed by atoms with E-state index >= 15 is 0 Å². The lowest BCUT2D eigenvalue weighted by Gasteiger charge is -2.14. The van der Waals surface area contributed by atoms with Crippen molar-refractivity contribution in [2.45, 2.75) is 38.5 Å². The van der Waals surface area contributed by atoms with Crippen molar-refractivity contribution < 1.29 is 18.8 Å². The van der Waals surface area contributed by atoms with Crippen LogP contribution in [0.2, 0.25) is 0 Å². The number of amides is 1. The molecular weight excluding hydrogens is 380 g/mol. The number of nitrogens with two attached hydrogens (primary N) is 1. The summed E-state index contributed by atoms with van der Waals surface area (Å²) in [5.74, 6) is 0.0186. The Morgan fingerprint density at radius 2 is 1.60 bits per heavy atom. The quantitative estimate of drug-likeness (QED) is 0.602. The Morgan fingerprint density at radius 3 is 2.13 bits per heavy atom. The number of hydrogen-bond acceptors (Lipinski definition) is 5. The number of nitrogens with zero attached hydrogens (tertiary/aromatic N) is 1. The van der Waals surface area contributed by atoms with Gasteiger partial charge in [-0.25, -0.2) is 0 Å². The number of carbonyl (C=O) groups excluding carboxylic acids is 2. The van der Waals surface area contributed by atoms with Gasteiger partial charge in [0.25, 0.3) is 0 Å². The molecule has 3 aromatic rings. The molecule has 6 heteroatoms. The SMILES string of the molecule is CCOC(=O)C1(c2ccc(-c3ccc(-c4onc(C)c4CC(N)=O)cc3)cc2)CC1. The number of carbonyl (C=O) groups is 2. The lowest BCUT2D eigenvalue weighted by atomic mass is 9.93. The maximum absolute atomic E-state index is 12.3. The van der Waals surface area contributed by atoms with E-state index < -0.39 is 11.3 Å². The van der Waals surface area contributed by atoms with Crippen molar-refractivity contribution in [3.05, 3.63) is 65.4 Å². The molecule has 30 heavy (non-hydrogen) atoms. The van der Waals surface area contributed by atoms with Gasteiger partial charge in [0.2, 0.25) is 5.91 Å². The molecule has 1 heterocycles. The number of aryl methyl sites for hydroxylation is 1. The van der Waals surface area contributed by atoms with Crippen LogP contribution in [0, 0.1) is 6.92 Å². The first-order chi connectivity index (χ1) is 14.4. The zero-order valence-electron chi connectivity index (χ0n) is 17.1. The first-order valence-corrected chi connectivity index (χ1v) is 10.1. The maximum Gasteiger partial charge on any atom is 0.316 e. The largest absolute Gasteiger partial charge is 0.465 e. The highest BCUT2D eigenvalue weighted by molar-refractivity contribution is 5.87. The summed E-state index contributed by atoms with van der Waals surface area (Å²) in [4.78, 5) is 23.6. The molecule has 0 bridgehead atoms. The highest BCUT2D eigenvalue weighted by atomic mass is 16.5. The minimum Gasteiger partial charge on any atom is -0.465 e. The molecule has 1 amide bonds. The van der Waals surface area contributed by atoms with E-state index in [0.717, 1.165) is 35.1 Å². The van der Waals surface area contributed by atoms with Gasteiger partial charge in [-0.15, -0.1) is 0 Å². The summed E-state index contributed by atoms with van der Waals surface area (Å²) in [6.07, 6.45) is 1.77. The van der Waals surface area contributed by atoms with E-state index in [9.17, 15) is 9.59 Å². The van der Waals surface area contributed by atoms with Gasteiger partial charge in [0.1, 0.15) is 0 Å². The molecule has 1 aromatic heterocycles. The number of benzene rings is 2. The van der Waals surface area contributed by atoms with Crippen molar-refractivity contribution in [3.8, 4) is 22.5 Å². The van der Waals surface area contributed by atoms with Crippen molar-refractivity contribution in [3.63, 3.8) is 0 Å². The molecule has 2 aromatic carbocycles. The fourth-order valence-electron chi connectivity index (χ4n) is 3.80. The van der Waals surface area contributed by atoms with Gasteiger partial charge in [-0.1, -0.05) is 53.7 Å². The van der Waals surface area contributed by atoms with Crippen LogP contribution in [0.3, 0.4) is 0 Å². The van der Waals surface area contributed by atoms with E-state index in [1.54, 1.807) is 6.92 Å². The second-order valence-electron chi connectivity index (χ2n) is 7.68. The number of esters is 1. The van der Waals surface area contributed by atoms with Gasteiger partial charge in [0.05, 0.1) is 24.1 Å². The van der Waals surface area contributed by atoms with E-state index in [4.69, 9.17) is 15.0 Å². The summed E-state index contributed by atoms with van der Waals surface area (Å²) in [6.45, 7) is 4.03. The highest BCUT2D eigenvalue weighted by Crippen LogP contribution is 2.49. The van der Waals surface area contributed by atoms with Crippen LogP contribution in [0.25, 0.3) is 22.5 Å². The van der Waals surface area contributed by atoms with Crippen LogP contribution in [0.15, 0.2) is 53.1 Å². The van der Waals surface area contributed by atoms with Gasteiger partial charge < -0.3 is 15.0 Å². The van der Waals surface area contributed by atoms with Crippen LogP contribution >= 0.6 is 0 Å². The van der Waals surface area contributed by atoms with Gasteiger partial charge in [0.15, 0.2) is 5.76 Å². The standard InChI is InChI=1S/C24H24N2O4/c1-3-29-23(28)24(12-13-24)19-10-8-17(9-11-19)16-4-6-18(7-5-16)22-20(14-21(25)27)15(2)26-30-22/h4-11H,3,12-14H2,1-2H3,(H2,25,27). The van der Waals surface area contributed by atoms with E-state index in [-0.39, 0.29) is 12.4 Å². The summed E-state index contributed by atoms with van der Waals surface area (Å²) in [5.41, 5.74) is 10.2. The summed E-state index contributed by atoms with van der Waals surface area (Å²) >= 11 is 0. The lowest BCUT2D eigenvalue weighted by molar-refractivity contribution is -0.146. The van der Waals surface area contributed by atoms with E-state index in [2.05, 4.69) is 5.16 Å². The topological polar surface area (TPSA) is 95.4 Å². The number of rotatable bonds is 7. The normalized spacial score (nSPS) is 14.3. The van der Waals surface area contributed by atoms with Crippen molar-refractivity contribution in [2.75, 3.05) is 6.61 Å². The Kier molecular flexibility index (Phi) is 5.16. The molecule has 2 N–H and O–H groups in total. The zero-order chi connectivity index (χ0) is 21.3. The molecule has 0 unspecified atom stereocenters. The maximum atomic E-state index is 12.3. The number of aromatic nitrogens is 1. The summed E-state index contributed by atoms with van der Waals surface area (Å²) in [7, 11) is 0. The number of primary amides is 1. The first-order valence-electron chi connectivity index (χ1n) is 10.1. The molecule has 1 aliphatic rings.